The zero-order chi connectivity index (χ0) is 11.3. The van der Waals surface area contributed by atoms with Crippen LogP contribution in [0.1, 0.15) is 47.0 Å². The van der Waals surface area contributed by atoms with E-state index < -0.39 is 0 Å². The summed E-state index contributed by atoms with van der Waals surface area (Å²) in [6.07, 6.45) is 4.45. The average Bonchev–Trinajstić information content (AvgIpc) is 2.13. The first-order valence-electron chi connectivity index (χ1n) is 6.52. The first-order valence-corrected chi connectivity index (χ1v) is 6.52. The Labute approximate surface area is 94.8 Å². The van der Waals surface area contributed by atoms with E-state index >= 15 is 0 Å². The van der Waals surface area contributed by atoms with Gasteiger partial charge >= 0.3 is 0 Å². The summed E-state index contributed by atoms with van der Waals surface area (Å²) in [5, 5.41) is 3.59. The van der Waals surface area contributed by atoms with Gasteiger partial charge in [-0.05, 0) is 44.6 Å². The fourth-order valence-corrected chi connectivity index (χ4v) is 2.45. The van der Waals surface area contributed by atoms with Gasteiger partial charge in [-0.2, -0.15) is 0 Å². The van der Waals surface area contributed by atoms with Crippen molar-refractivity contribution in [1.82, 2.24) is 5.32 Å². The molecular weight excluding hydrogens is 186 g/mol. The fraction of sp³-hybridized carbons (Fsp3) is 1.00. The Balaban J connectivity index is 2.17. The highest BCUT2D eigenvalue weighted by Gasteiger charge is 2.31. The molecule has 0 spiro atoms. The summed E-state index contributed by atoms with van der Waals surface area (Å²) in [6, 6.07) is 0.697. The highest BCUT2D eigenvalue weighted by atomic mass is 16.5. The van der Waals surface area contributed by atoms with E-state index in [0.29, 0.717) is 12.1 Å². The predicted molar refractivity (Wildman–Crippen MR) is 65.1 cm³/mol. The lowest BCUT2D eigenvalue weighted by Gasteiger charge is -2.38. The zero-order valence-electron chi connectivity index (χ0n) is 10.8. The molecule has 0 amide bonds. The minimum atomic E-state index is 0.564. The summed E-state index contributed by atoms with van der Waals surface area (Å²) >= 11 is 0. The van der Waals surface area contributed by atoms with Crippen molar-refractivity contribution in [3.8, 4) is 0 Å². The second-order valence-corrected chi connectivity index (χ2v) is 5.06. The number of rotatable bonds is 7. The molecule has 0 heterocycles. The number of hydrogen-bond acceptors (Lipinski definition) is 2. The number of ether oxygens (including phenoxy) is 1. The highest BCUT2D eigenvalue weighted by Crippen LogP contribution is 2.34. The summed E-state index contributed by atoms with van der Waals surface area (Å²) < 4.78 is 5.59. The molecule has 0 aromatic heterocycles. The van der Waals surface area contributed by atoms with Gasteiger partial charge < -0.3 is 10.1 Å². The topological polar surface area (TPSA) is 21.3 Å². The van der Waals surface area contributed by atoms with E-state index in [1.54, 1.807) is 0 Å². The maximum Gasteiger partial charge on any atom is 0.0580 e. The van der Waals surface area contributed by atoms with Crippen LogP contribution in [0, 0.1) is 11.8 Å². The van der Waals surface area contributed by atoms with E-state index in [4.69, 9.17) is 4.74 Å². The Bertz CT molecular complexity index is 164. The summed E-state index contributed by atoms with van der Waals surface area (Å²) in [6.45, 7) is 10.9. The van der Waals surface area contributed by atoms with E-state index in [9.17, 15) is 0 Å². The third-order valence-corrected chi connectivity index (χ3v) is 3.45. The van der Waals surface area contributed by atoms with Gasteiger partial charge in [-0.1, -0.05) is 20.8 Å². The van der Waals surface area contributed by atoms with E-state index in [0.717, 1.165) is 25.0 Å². The number of nitrogens with one attached hydrogen (secondary N) is 1. The number of hydrogen-bond donors (Lipinski definition) is 1. The summed E-state index contributed by atoms with van der Waals surface area (Å²) in [4.78, 5) is 0. The van der Waals surface area contributed by atoms with Crippen molar-refractivity contribution >= 4 is 0 Å². The molecule has 1 aliphatic rings. The Kier molecular flexibility index (Phi) is 5.62. The highest BCUT2D eigenvalue weighted by molar-refractivity contribution is 4.85. The van der Waals surface area contributed by atoms with Gasteiger partial charge in [0.15, 0.2) is 0 Å². The maximum absolute atomic E-state index is 5.59. The molecule has 1 atom stereocenters. The van der Waals surface area contributed by atoms with Gasteiger partial charge in [-0.3, -0.25) is 0 Å². The van der Waals surface area contributed by atoms with Crippen LogP contribution in [0.25, 0.3) is 0 Å². The van der Waals surface area contributed by atoms with Crippen molar-refractivity contribution in [2.75, 3.05) is 13.2 Å². The molecule has 15 heavy (non-hydrogen) atoms. The van der Waals surface area contributed by atoms with Gasteiger partial charge in [-0.15, -0.1) is 0 Å². The first-order chi connectivity index (χ1) is 7.17. The molecule has 2 nitrogen and oxygen atoms in total. The van der Waals surface area contributed by atoms with Crippen LogP contribution in [0.5, 0.6) is 0 Å². The lowest BCUT2D eigenvalue weighted by atomic mass is 9.76. The SMILES string of the molecule is CCNC(CC1CC(OCC)C1)C(C)C. The van der Waals surface area contributed by atoms with Crippen molar-refractivity contribution in [2.24, 2.45) is 11.8 Å². The van der Waals surface area contributed by atoms with Gasteiger partial charge in [-0.25, -0.2) is 0 Å². The lowest BCUT2D eigenvalue weighted by Crippen LogP contribution is -2.40. The smallest absolute Gasteiger partial charge is 0.0580 e. The maximum atomic E-state index is 5.59. The van der Waals surface area contributed by atoms with Crippen LogP contribution in [0.3, 0.4) is 0 Å². The lowest BCUT2D eigenvalue weighted by molar-refractivity contribution is -0.0302. The molecule has 0 aromatic carbocycles. The van der Waals surface area contributed by atoms with Gasteiger partial charge in [0.2, 0.25) is 0 Å². The van der Waals surface area contributed by atoms with Crippen molar-refractivity contribution in [3.63, 3.8) is 0 Å². The molecule has 2 heteroatoms. The Morgan fingerprint density at radius 1 is 1.27 bits per heavy atom. The van der Waals surface area contributed by atoms with Crippen molar-refractivity contribution in [3.05, 3.63) is 0 Å². The van der Waals surface area contributed by atoms with Crippen molar-refractivity contribution in [2.45, 2.75) is 59.1 Å². The molecule has 90 valence electrons. The van der Waals surface area contributed by atoms with E-state index in [-0.39, 0.29) is 0 Å². The third-order valence-electron chi connectivity index (χ3n) is 3.45. The predicted octanol–water partition coefficient (Wildman–Crippen LogP) is 2.83. The molecule has 1 saturated carbocycles. The Morgan fingerprint density at radius 3 is 2.40 bits per heavy atom. The molecule has 1 unspecified atom stereocenters. The molecule has 1 N–H and O–H groups in total. The quantitative estimate of drug-likeness (QED) is 0.702. The minimum absolute atomic E-state index is 0.564. The summed E-state index contributed by atoms with van der Waals surface area (Å²) in [5.41, 5.74) is 0. The van der Waals surface area contributed by atoms with E-state index in [2.05, 4.69) is 33.0 Å². The van der Waals surface area contributed by atoms with Crippen LogP contribution < -0.4 is 5.32 Å². The molecule has 0 bridgehead atoms. The van der Waals surface area contributed by atoms with Crippen LogP contribution in [0.4, 0.5) is 0 Å². The Morgan fingerprint density at radius 2 is 1.93 bits per heavy atom. The van der Waals surface area contributed by atoms with Crippen LogP contribution in [-0.2, 0) is 4.74 Å². The second kappa shape index (κ2) is 6.49. The fourth-order valence-electron chi connectivity index (χ4n) is 2.45. The van der Waals surface area contributed by atoms with E-state index in [1.165, 1.54) is 19.3 Å². The van der Waals surface area contributed by atoms with Gasteiger partial charge in [0, 0.05) is 12.6 Å². The Hall–Kier alpha value is -0.0800. The summed E-state index contributed by atoms with van der Waals surface area (Å²) in [7, 11) is 0. The minimum Gasteiger partial charge on any atom is -0.378 e. The van der Waals surface area contributed by atoms with Crippen LogP contribution >= 0.6 is 0 Å². The van der Waals surface area contributed by atoms with Crippen LogP contribution in [-0.4, -0.2) is 25.3 Å². The van der Waals surface area contributed by atoms with Gasteiger partial charge in [0.1, 0.15) is 0 Å². The average molecular weight is 213 g/mol. The molecule has 0 aromatic rings. The molecule has 0 saturated heterocycles. The van der Waals surface area contributed by atoms with Crippen LogP contribution in [0.15, 0.2) is 0 Å². The standard InChI is InChI=1S/C13H27NO/c1-5-14-13(10(3)4)9-11-7-12(8-11)15-6-2/h10-14H,5-9H2,1-4H3. The van der Waals surface area contributed by atoms with Gasteiger partial charge in [0.05, 0.1) is 6.10 Å². The molecule has 0 radical (unpaired) electrons. The normalized spacial score (nSPS) is 27.8. The molecular formula is C13H27NO. The first kappa shape index (κ1) is 13.0. The third kappa shape index (κ3) is 4.12. The van der Waals surface area contributed by atoms with Crippen LogP contribution in [0.2, 0.25) is 0 Å². The van der Waals surface area contributed by atoms with E-state index in [1.807, 2.05) is 0 Å². The zero-order valence-corrected chi connectivity index (χ0v) is 10.8. The molecule has 1 aliphatic carbocycles. The van der Waals surface area contributed by atoms with Crippen molar-refractivity contribution in [1.29, 1.82) is 0 Å². The van der Waals surface area contributed by atoms with Gasteiger partial charge in [0.25, 0.3) is 0 Å². The molecule has 0 aliphatic heterocycles. The largest absolute Gasteiger partial charge is 0.378 e. The molecule has 1 rings (SSSR count). The second-order valence-electron chi connectivity index (χ2n) is 5.06. The van der Waals surface area contributed by atoms with Crippen molar-refractivity contribution < 1.29 is 4.74 Å². The molecule has 1 fully saturated rings. The summed E-state index contributed by atoms with van der Waals surface area (Å²) in [5.74, 6) is 1.64. The monoisotopic (exact) mass is 213 g/mol.